The number of nitrogens with zero attached hydrogens (tertiary/aromatic N) is 2. The van der Waals surface area contributed by atoms with Crippen LogP contribution >= 0.6 is 0 Å². The molecule has 10 aromatic rings. The summed E-state index contributed by atoms with van der Waals surface area (Å²) in [5, 5.41) is 1.94. The lowest BCUT2D eigenvalue weighted by Crippen LogP contribution is -2.09. The predicted octanol–water partition coefficient (Wildman–Crippen LogP) is 13.9. The topological polar surface area (TPSA) is 42.4 Å². The number of para-hydroxylation sites is 1. The van der Waals surface area contributed by atoms with Crippen molar-refractivity contribution in [1.82, 2.24) is 4.98 Å². The van der Waals surface area contributed by atoms with Crippen LogP contribution in [0.2, 0.25) is 0 Å². The van der Waals surface area contributed by atoms with Crippen LogP contribution in [-0.4, -0.2) is 4.98 Å². The Balaban J connectivity index is 0.978. The van der Waals surface area contributed by atoms with Gasteiger partial charge in [0.15, 0.2) is 5.58 Å². The van der Waals surface area contributed by atoms with E-state index in [1.54, 1.807) is 0 Å². The first-order valence-corrected chi connectivity index (χ1v) is 17.8. The van der Waals surface area contributed by atoms with E-state index in [2.05, 4.69) is 144 Å². The molecule has 4 nitrogen and oxygen atoms in total. The fourth-order valence-electron chi connectivity index (χ4n) is 7.25. The van der Waals surface area contributed by atoms with E-state index in [1.807, 2.05) is 54.6 Å². The minimum Gasteiger partial charge on any atom is -0.456 e. The maximum atomic E-state index is 6.38. The zero-order chi connectivity index (χ0) is 35.1. The number of hydrogen-bond acceptors (Lipinski definition) is 4. The van der Waals surface area contributed by atoms with Crippen molar-refractivity contribution < 1.29 is 8.83 Å². The second kappa shape index (κ2) is 12.9. The predicted molar refractivity (Wildman–Crippen MR) is 218 cm³/mol. The van der Waals surface area contributed by atoms with E-state index in [4.69, 9.17) is 13.8 Å². The van der Waals surface area contributed by atoms with E-state index in [1.165, 1.54) is 22.3 Å². The maximum Gasteiger partial charge on any atom is 0.227 e. The first kappa shape index (κ1) is 30.6. The number of hydrogen-bond donors (Lipinski definition) is 0. The highest BCUT2D eigenvalue weighted by Crippen LogP contribution is 2.40. The lowest BCUT2D eigenvalue weighted by molar-refractivity contribution is 0.622. The molecule has 0 aliphatic carbocycles. The summed E-state index contributed by atoms with van der Waals surface area (Å²) in [6, 6.07) is 67.7. The average Bonchev–Trinajstić information content (AvgIpc) is 3.84. The van der Waals surface area contributed by atoms with Crippen LogP contribution in [0.4, 0.5) is 17.1 Å². The van der Waals surface area contributed by atoms with Gasteiger partial charge in [0.2, 0.25) is 5.89 Å². The maximum absolute atomic E-state index is 6.38. The van der Waals surface area contributed by atoms with Crippen molar-refractivity contribution in [3.8, 4) is 44.8 Å². The van der Waals surface area contributed by atoms with Gasteiger partial charge in [-0.15, -0.1) is 0 Å². The summed E-state index contributed by atoms with van der Waals surface area (Å²) >= 11 is 0. The van der Waals surface area contributed by atoms with E-state index in [-0.39, 0.29) is 0 Å². The second-order valence-corrected chi connectivity index (χ2v) is 13.2. The van der Waals surface area contributed by atoms with Gasteiger partial charge in [0.05, 0.1) is 5.39 Å². The van der Waals surface area contributed by atoms with Gasteiger partial charge in [-0.25, -0.2) is 4.98 Å². The molecule has 8 aromatic carbocycles. The number of furan rings is 1. The van der Waals surface area contributed by atoms with Gasteiger partial charge in [0.25, 0.3) is 0 Å². The van der Waals surface area contributed by atoms with Gasteiger partial charge in [-0.3, -0.25) is 0 Å². The SMILES string of the molecule is c1ccc(-c2ccc(-c3ccc(N(c4ccccc4)c4ccc(-c5ccc6oc7ccc8nc(-c9ccccc9)oc8c7c6c5)cc4)cc3)cc2)cc1. The van der Waals surface area contributed by atoms with Crippen molar-refractivity contribution in [2.75, 3.05) is 4.90 Å². The molecule has 0 bridgehead atoms. The van der Waals surface area contributed by atoms with Gasteiger partial charge in [-0.05, 0) is 106 Å². The Kier molecular flexibility index (Phi) is 7.43. The molecule has 0 amide bonds. The molecule has 0 unspecified atom stereocenters. The van der Waals surface area contributed by atoms with Crippen molar-refractivity contribution in [1.29, 1.82) is 0 Å². The summed E-state index contributed by atoms with van der Waals surface area (Å²) in [4.78, 5) is 7.09. The summed E-state index contributed by atoms with van der Waals surface area (Å²) < 4.78 is 12.7. The van der Waals surface area contributed by atoms with E-state index < -0.39 is 0 Å². The van der Waals surface area contributed by atoms with Crippen molar-refractivity contribution in [3.05, 3.63) is 194 Å². The third kappa shape index (κ3) is 5.63. The molecule has 0 saturated heterocycles. The van der Waals surface area contributed by atoms with Gasteiger partial charge in [-0.1, -0.05) is 121 Å². The van der Waals surface area contributed by atoms with Crippen LogP contribution in [-0.2, 0) is 0 Å². The number of aromatic nitrogens is 1. The summed E-state index contributed by atoms with van der Waals surface area (Å²) in [7, 11) is 0. The molecule has 4 heteroatoms. The van der Waals surface area contributed by atoms with Crippen LogP contribution in [0.25, 0.3) is 77.9 Å². The number of rotatable bonds is 7. The van der Waals surface area contributed by atoms with Crippen LogP contribution in [0.1, 0.15) is 0 Å². The van der Waals surface area contributed by atoms with Crippen LogP contribution in [0.15, 0.2) is 203 Å². The van der Waals surface area contributed by atoms with Crippen LogP contribution in [0.5, 0.6) is 0 Å². The first-order chi connectivity index (χ1) is 26.2. The highest BCUT2D eigenvalue weighted by atomic mass is 16.4. The molecule has 0 saturated carbocycles. The molecular formula is C49H32N2O2. The van der Waals surface area contributed by atoms with Crippen molar-refractivity contribution in [2.45, 2.75) is 0 Å². The van der Waals surface area contributed by atoms with Gasteiger partial charge in [-0.2, -0.15) is 0 Å². The molecule has 0 aliphatic rings. The Hall–Kier alpha value is -7.17. The molecule has 0 radical (unpaired) electrons. The number of oxazole rings is 1. The highest BCUT2D eigenvalue weighted by Gasteiger charge is 2.18. The second-order valence-electron chi connectivity index (χ2n) is 13.2. The standard InChI is InChI=1S/C49H32N2O2/c1-4-10-33(11-5-1)34-16-18-35(19-17-34)36-20-25-41(26-21-36)51(40-14-8-3-9-15-40)42-27-22-37(23-28-42)39-24-30-45-43(32-39)47-46(52-45)31-29-44-48(47)53-49(50-44)38-12-6-2-7-13-38/h1-32H. The van der Waals surface area contributed by atoms with E-state index in [0.29, 0.717) is 5.89 Å². The molecule has 0 spiro atoms. The van der Waals surface area contributed by atoms with Crippen LogP contribution in [0, 0.1) is 0 Å². The molecule has 0 N–H and O–H groups in total. The molecule has 0 fully saturated rings. The van der Waals surface area contributed by atoms with E-state index >= 15 is 0 Å². The number of anilines is 3. The lowest BCUT2D eigenvalue weighted by Gasteiger charge is -2.26. The fraction of sp³-hybridized carbons (Fsp3) is 0. The van der Waals surface area contributed by atoms with Crippen molar-refractivity contribution in [2.24, 2.45) is 0 Å². The number of fused-ring (bicyclic) bond motifs is 5. The molecule has 250 valence electrons. The Labute approximate surface area is 306 Å². The molecule has 10 rings (SSSR count). The molecule has 0 atom stereocenters. The minimum atomic E-state index is 0.601. The van der Waals surface area contributed by atoms with Gasteiger partial charge < -0.3 is 13.7 Å². The van der Waals surface area contributed by atoms with Crippen molar-refractivity contribution in [3.63, 3.8) is 0 Å². The Morgan fingerprint density at radius 1 is 0.358 bits per heavy atom. The van der Waals surface area contributed by atoms with E-state index in [9.17, 15) is 0 Å². The summed E-state index contributed by atoms with van der Waals surface area (Å²) in [6.45, 7) is 0. The summed E-state index contributed by atoms with van der Waals surface area (Å²) in [6.07, 6.45) is 0. The zero-order valence-electron chi connectivity index (χ0n) is 28.7. The van der Waals surface area contributed by atoms with E-state index in [0.717, 1.165) is 66.8 Å². The molecule has 53 heavy (non-hydrogen) atoms. The molecule has 2 aromatic heterocycles. The van der Waals surface area contributed by atoms with Crippen molar-refractivity contribution >= 4 is 50.1 Å². The molecule has 0 aliphatic heterocycles. The van der Waals surface area contributed by atoms with Gasteiger partial charge in [0, 0.05) is 28.0 Å². The monoisotopic (exact) mass is 680 g/mol. The first-order valence-electron chi connectivity index (χ1n) is 17.8. The Morgan fingerprint density at radius 2 is 0.811 bits per heavy atom. The summed E-state index contributed by atoms with van der Waals surface area (Å²) in [5.41, 5.74) is 14.4. The minimum absolute atomic E-state index is 0.601. The van der Waals surface area contributed by atoms with Crippen LogP contribution in [0.3, 0.4) is 0 Å². The Bertz CT molecular complexity index is 2840. The Morgan fingerprint density at radius 3 is 1.42 bits per heavy atom. The van der Waals surface area contributed by atoms with Crippen LogP contribution < -0.4 is 4.90 Å². The highest BCUT2D eigenvalue weighted by molar-refractivity contribution is 6.17. The normalized spacial score (nSPS) is 11.4. The number of benzene rings is 8. The molecular weight excluding hydrogens is 649 g/mol. The van der Waals surface area contributed by atoms with Gasteiger partial charge >= 0.3 is 0 Å². The smallest absolute Gasteiger partial charge is 0.227 e. The quantitative estimate of drug-likeness (QED) is 0.168. The van der Waals surface area contributed by atoms with Gasteiger partial charge in [0.1, 0.15) is 16.7 Å². The third-order valence-electron chi connectivity index (χ3n) is 9.93. The molecule has 2 heterocycles. The lowest BCUT2D eigenvalue weighted by atomic mass is 10.00. The summed E-state index contributed by atoms with van der Waals surface area (Å²) in [5.74, 6) is 0.601. The zero-order valence-corrected chi connectivity index (χ0v) is 28.7. The fourth-order valence-corrected chi connectivity index (χ4v) is 7.25. The largest absolute Gasteiger partial charge is 0.456 e. The third-order valence-corrected chi connectivity index (χ3v) is 9.93. The average molecular weight is 681 g/mol.